The lowest BCUT2D eigenvalue weighted by Crippen LogP contribution is -2.33. The molecule has 1 aliphatic rings. The molecule has 1 aromatic heterocycles. The molecule has 8 heteroatoms. The minimum atomic E-state index is -0.149. The average Bonchev–Trinajstić information content (AvgIpc) is 3.17. The molecule has 0 saturated heterocycles. The van der Waals surface area contributed by atoms with Crippen LogP contribution in [0.5, 0.6) is 0 Å². The van der Waals surface area contributed by atoms with Crippen molar-refractivity contribution in [2.24, 2.45) is 0 Å². The summed E-state index contributed by atoms with van der Waals surface area (Å²) in [4.78, 5) is 11.9. The first kappa shape index (κ1) is 17.4. The van der Waals surface area contributed by atoms with Crippen molar-refractivity contribution in [3.05, 3.63) is 15.9 Å². The molecule has 20 heavy (non-hydrogen) atoms. The van der Waals surface area contributed by atoms with Crippen molar-refractivity contribution in [2.45, 2.75) is 18.8 Å². The van der Waals surface area contributed by atoms with E-state index in [4.69, 9.17) is 4.74 Å². The number of ether oxygens (including phenoxy) is 1. The van der Waals surface area contributed by atoms with E-state index in [1.54, 1.807) is 7.11 Å². The molecule has 1 saturated carbocycles. The average molecular weight is 368 g/mol. The standard InChI is InChI=1S/C12H19BrN4O2.ClH/c1-19-7-6-14-4-5-15-12(18)11-9(13)10(16-17-11)8-2-3-8;/h8,14H,2-7H2,1H3,(H,15,18)(H,16,17);1H. The number of rotatable bonds is 8. The maximum absolute atomic E-state index is 11.9. The van der Waals surface area contributed by atoms with Crippen LogP contribution in [0.3, 0.4) is 0 Å². The second-order valence-electron chi connectivity index (χ2n) is 4.57. The predicted molar refractivity (Wildman–Crippen MR) is 82.6 cm³/mol. The fraction of sp³-hybridized carbons (Fsp3) is 0.667. The Kier molecular flexibility index (Phi) is 7.50. The molecule has 1 amide bonds. The third kappa shape index (κ3) is 4.73. The molecule has 6 nitrogen and oxygen atoms in total. The van der Waals surface area contributed by atoms with E-state index in [0.717, 1.165) is 16.7 Å². The van der Waals surface area contributed by atoms with Crippen LogP contribution >= 0.6 is 28.3 Å². The third-order valence-corrected chi connectivity index (χ3v) is 3.81. The van der Waals surface area contributed by atoms with E-state index in [-0.39, 0.29) is 18.3 Å². The van der Waals surface area contributed by atoms with Gasteiger partial charge in [-0.05, 0) is 28.8 Å². The second kappa shape index (κ2) is 8.61. The number of hydrogen-bond acceptors (Lipinski definition) is 4. The smallest absolute Gasteiger partial charge is 0.273 e. The second-order valence-corrected chi connectivity index (χ2v) is 5.37. The van der Waals surface area contributed by atoms with Crippen molar-refractivity contribution in [3.63, 3.8) is 0 Å². The molecule has 1 fully saturated rings. The van der Waals surface area contributed by atoms with Crippen LogP contribution in [0, 0.1) is 0 Å². The number of aromatic nitrogens is 2. The van der Waals surface area contributed by atoms with Crippen LogP contribution in [0.15, 0.2) is 4.47 Å². The van der Waals surface area contributed by atoms with Crippen LogP contribution in [0.2, 0.25) is 0 Å². The van der Waals surface area contributed by atoms with E-state index in [9.17, 15) is 4.79 Å². The van der Waals surface area contributed by atoms with Crippen LogP contribution in [-0.2, 0) is 4.74 Å². The summed E-state index contributed by atoms with van der Waals surface area (Å²) in [5.41, 5.74) is 1.49. The van der Waals surface area contributed by atoms with Crippen LogP contribution in [0.25, 0.3) is 0 Å². The fourth-order valence-corrected chi connectivity index (χ4v) is 2.46. The number of nitrogens with zero attached hydrogens (tertiary/aromatic N) is 1. The molecule has 3 N–H and O–H groups in total. The molecule has 0 unspecified atom stereocenters. The monoisotopic (exact) mass is 366 g/mol. The van der Waals surface area contributed by atoms with Gasteiger partial charge in [0.15, 0.2) is 5.69 Å². The van der Waals surface area contributed by atoms with E-state index in [1.165, 1.54) is 12.8 Å². The Morgan fingerprint density at radius 1 is 1.45 bits per heavy atom. The molecule has 0 radical (unpaired) electrons. The summed E-state index contributed by atoms with van der Waals surface area (Å²) < 4.78 is 5.72. The third-order valence-electron chi connectivity index (χ3n) is 3.00. The van der Waals surface area contributed by atoms with Gasteiger partial charge in [-0.3, -0.25) is 9.89 Å². The van der Waals surface area contributed by atoms with Gasteiger partial charge in [-0.1, -0.05) is 0 Å². The minimum Gasteiger partial charge on any atom is -0.383 e. The summed E-state index contributed by atoms with van der Waals surface area (Å²) in [6, 6.07) is 0. The van der Waals surface area contributed by atoms with Crippen molar-refractivity contribution in [1.29, 1.82) is 0 Å². The van der Waals surface area contributed by atoms with Gasteiger partial charge in [0.05, 0.1) is 16.8 Å². The summed E-state index contributed by atoms with van der Waals surface area (Å²) in [7, 11) is 1.66. The van der Waals surface area contributed by atoms with Gasteiger partial charge in [-0.15, -0.1) is 12.4 Å². The molecule has 0 aliphatic heterocycles. The Morgan fingerprint density at radius 2 is 2.20 bits per heavy atom. The van der Waals surface area contributed by atoms with Gasteiger partial charge >= 0.3 is 0 Å². The van der Waals surface area contributed by atoms with Crippen molar-refractivity contribution >= 4 is 34.2 Å². The van der Waals surface area contributed by atoms with E-state index in [0.29, 0.717) is 31.3 Å². The van der Waals surface area contributed by atoms with Crippen molar-refractivity contribution in [1.82, 2.24) is 20.8 Å². The summed E-state index contributed by atoms with van der Waals surface area (Å²) in [6.45, 7) is 2.74. The molecular formula is C12H20BrClN4O2. The van der Waals surface area contributed by atoms with Gasteiger partial charge in [0, 0.05) is 32.7 Å². The highest BCUT2D eigenvalue weighted by Gasteiger charge is 2.30. The lowest BCUT2D eigenvalue weighted by molar-refractivity contribution is 0.0948. The number of halogens is 2. The summed E-state index contributed by atoms with van der Waals surface area (Å²) in [6.07, 6.45) is 2.34. The zero-order chi connectivity index (χ0) is 13.7. The largest absolute Gasteiger partial charge is 0.383 e. The first-order valence-corrected chi connectivity index (χ1v) is 7.25. The quantitative estimate of drug-likeness (QED) is 0.608. The lowest BCUT2D eigenvalue weighted by Gasteiger charge is -2.05. The number of carbonyl (C=O) groups is 1. The molecule has 114 valence electrons. The van der Waals surface area contributed by atoms with Crippen molar-refractivity contribution in [2.75, 3.05) is 33.4 Å². The highest BCUT2D eigenvalue weighted by atomic mass is 79.9. The molecular weight excluding hydrogens is 348 g/mol. The van der Waals surface area contributed by atoms with Crippen LogP contribution in [0.4, 0.5) is 0 Å². The van der Waals surface area contributed by atoms with E-state index < -0.39 is 0 Å². The fourth-order valence-electron chi connectivity index (χ4n) is 1.78. The highest BCUT2D eigenvalue weighted by molar-refractivity contribution is 9.10. The van der Waals surface area contributed by atoms with E-state index in [2.05, 4.69) is 36.8 Å². The molecule has 1 aromatic rings. The number of carbonyl (C=O) groups excluding carboxylic acids is 1. The Bertz CT molecular complexity index is 437. The summed E-state index contributed by atoms with van der Waals surface area (Å²) in [5, 5.41) is 13.0. The molecule has 0 bridgehead atoms. The SMILES string of the molecule is COCCNCCNC(=O)c1n[nH]c(C2CC2)c1Br.Cl. The normalized spacial score (nSPS) is 13.9. The number of amides is 1. The molecule has 2 rings (SSSR count). The van der Waals surface area contributed by atoms with Crippen LogP contribution in [-0.4, -0.2) is 49.5 Å². The summed E-state index contributed by atoms with van der Waals surface area (Å²) in [5.74, 6) is 0.391. The van der Waals surface area contributed by atoms with E-state index >= 15 is 0 Å². The Hall–Kier alpha value is -0.630. The molecule has 0 spiro atoms. The van der Waals surface area contributed by atoms with E-state index in [1.807, 2.05) is 0 Å². The Morgan fingerprint density at radius 3 is 2.85 bits per heavy atom. The maximum atomic E-state index is 11.9. The highest BCUT2D eigenvalue weighted by Crippen LogP contribution is 2.42. The molecule has 0 aromatic carbocycles. The zero-order valence-electron chi connectivity index (χ0n) is 11.4. The number of nitrogens with one attached hydrogen (secondary N) is 3. The van der Waals surface area contributed by atoms with Gasteiger partial charge in [0.2, 0.25) is 0 Å². The first-order valence-electron chi connectivity index (χ1n) is 6.45. The molecule has 1 heterocycles. The Labute approximate surface area is 133 Å². The topological polar surface area (TPSA) is 79.0 Å². The van der Waals surface area contributed by atoms with Crippen molar-refractivity contribution < 1.29 is 9.53 Å². The van der Waals surface area contributed by atoms with Gasteiger partial charge in [-0.2, -0.15) is 5.10 Å². The first-order chi connectivity index (χ1) is 9.24. The minimum absolute atomic E-state index is 0. The number of methoxy groups -OCH3 is 1. The molecule has 1 aliphatic carbocycles. The number of hydrogen-bond donors (Lipinski definition) is 3. The van der Waals surface area contributed by atoms with Gasteiger partial charge in [0.1, 0.15) is 0 Å². The van der Waals surface area contributed by atoms with Gasteiger partial charge < -0.3 is 15.4 Å². The molecule has 0 atom stereocenters. The predicted octanol–water partition coefficient (Wildman–Crippen LogP) is 1.44. The Balaban J connectivity index is 0.00000200. The summed E-state index contributed by atoms with van der Waals surface area (Å²) >= 11 is 3.45. The maximum Gasteiger partial charge on any atom is 0.273 e. The van der Waals surface area contributed by atoms with Crippen LogP contribution in [0.1, 0.15) is 34.9 Å². The zero-order valence-corrected chi connectivity index (χ0v) is 13.8. The number of aromatic amines is 1. The van der Waals surface area contributed by atoms with Gasteiger partial charge in [0.25, 0.3) is 5.91 Å². The lowest BCUT2D eigenvalue weighted by atomic mass is 10.2. The van der Waals surface area contributed by atoms with Gasteiger partial charge in [-0.25, -0.2) is 0 Å². The number of H-pyrrole nitrogens is 1. The van der Waals surface area contributed by atoms with Crippen LogP contribution < -0.4 is 10.6 Å². The van der Waals surface area contributed by atoms with Crippen molar-refractivity contribution in [3.8, 4) is 0 Å².